The lowest BCUT2D eigenvalue weighted by Gasteiger charge is -2.25. The van der Waals surface area contributed by atoms with Gasteiger partial charge in [-0.25, -0.2) is 0 Å². The van der Waals surface area contributed by atoms with Crippen molar-refractivity contribution >= 4 is 17.6 Å². The third-order valence-electron chi connectivity index (χ3n) is 4.34. The summed E-state index contributed by atoms with van der Waals surface area (Å²) < 4.78 is 5.41. The summed E-state index contributed by atoms with van der Waals surface area (Å²) in [6, 6.07) is 8.17. The molecule has 1 fully saturated rings. The first-order valence-corrected chi connectivity index (χ1v) is 8.04. The maximum Gasteiger partial charge on any atom is 0.191 e. The highest BCUT2D eigenvalue weighted by atomic mass is 35.5. The van der Waals surface area contributed by atoms with Crippen molar-refractivity contribution in [2.24, 2.45) is 4.99 Å². The van der Waals surface area contributed by atoms with Crippen LogP contribution in [0.3, 0.4) is 0 Å². The normalized spacial score (nSPS) is 17.2. The van der Waals surface area contributed by atoms with Crippen LogP contribution in [0.1, 0.15) is 32.3 Å². The smallest absolute Gasteiger partial charge is 0.191 e. The number of rotatable bonds is 6. The lowest BCUT2D eigenvalue weighted by Crippen LogP contribution is -2.47. The number of methoxy groups -OCH3 is 1. The Morgan fingerprint density at radius 2 is 2.09 bits per heavy atom. The van der Waals surface area contributed by atoms with E-state index in [-0.39, 0.29) is 11.0 Å². The molecule has 0 heterocycles. The molecular formula is C17H26ClN3O. The molecule has 0 amide bonds. The highest BCUT2D eigenvalue weighted by Gasteiger charge is 2.44. The van der Waals surface area contributed by atoms with Crippen molar-refractivity contribution in [2.75, 3.05) is 27.2 Å². The van der Waals surface area contributed by atoms with Crippen molar-refractivity contribution in [1.29, 1.82) is 0 Å². The zero-order valence-electron chi connectivity index (χ0n) is 13.9. The van der Waals surface area contributed by atoms with Crippen LogP contribution in [-0.4, -0.2) is 38.8 Å². The number of benzene rings is 1. The van der Waals surface area contributed by atoms with Crippen LogP contribution in [0.2, 0.25) is 5.02 Å². The van der Waals surface area contributed by atoms with Gasteiger partial charge < -0.3 is 15.4 Å². The monoisotopic (exact) mass is 323 g/mol. The van der Waals surface area contributed by atoms with Crippen LogP contribution in [-0.2, 0) is 10.2 Å². The molecule has 4 nitrogen and oxygen atoms in total. The molecule has 0 aliphatic heterocycles. The fourth-order valence-corrected chi connectivity index (χ4v) is 2.57. The van der Waals surface area contributed by atoms with Crippen LogP contribution in [0.4, 0.5) is 0 Å². The second-order valence-electron chi connectivity index (χ2n) is 6.53. The van der Waals surface area contributed by atoms with E-state index in [2.05, 4.69) is 27.8 Å². The SMILES string of the molecule is CN=C(NCC(C)(C)OC)NCC1(c2cccc(Cl)c2)CC1. The largest absolute Gasteiger partial charge is 0.377 e. The lowest BCUT2D eigenvalue weighted by atomic mass is 9.96. The predicted octanol–water partition coefficient (Wildman–Crippen LogP) is 2.96. The van der Waals surface area contributed by atoms with E-state index in [0.29, 0.717) is 6.54 Å². The maximum absolute atomic E-state index is 6.11. The van der Waals surface area contributed by atoms with Gasteiger partial charge in [0.2, 0.25) is 0 Å². The third kappa shape index (κ3) is 4.37. The summed E-state index contributed by atoms with van der Waals surface area (Å²) >= 11 is 6.11. The molecule has 0 atom stereocenters. The molecule has 2 N–H and O–H groups in total. The van der Waals surface area contributed by atoms with Crippen LogP contribution in [0, 0.1) is 0 Å². The van der Waals surface area contributed by atoms with E-state index in [1.54, 1.807) is 14.2 Å². The Hall–Kier alpha value is -1.26. The van der Waals surface area contributed by atoms with Crippen LogP contribution in [0.5, 0.6) is 0 Å². The molecule has 1 aliphatic rings. The summed E-state index contributed by atoms with van der Waals surface area (Å²) in [6.45, 7) is 5.65. The van der Waals surface area contributed by atoms with Gasteiger partial charge in [0.15, 0.2) is 5.96 Å². The van der Waals surface area contributed by atoms with E-state index in [4.69, 9.17) is 16.3 Å². The molecule has 0 aromatic heterocycles. The van der Waals surface area contributed by atoms with Gasteiger partial charge in [0.1, 0.15) is 0 Å². The first-order chi connectivity index (χ1) is 10.4. The van der Waals surface area contributed by atoms with Gasteiger partial charge in [-0.1, -0.05) is 23.7 Å². The number of hydrogen-bond donors (Lipinski definition) is 2. The minimum atomic E-state index is -0.220. The topological polar surface area (TPSA) is 45.7 Å². The van der Waals surface area contributed by atoms with Crippen molar-refractivity contribution in [1.82, 2.24) is 10.6 Å². The summed E-state index contributed by atoms with van der Waals surface area (Å²) in [5, 5.41) is 7.54. The molecule has 1 aromatic rings. The van der Waals surface area contributed by atoms with Crippen LogP contribution in [0.15, 0.2) is 29.3 Å². The maximum atomic E-state index is 6.11. The molecule has 1 aliphatic carbocycles. The summed E-state index contributed by atoms with van der Waals surface area (Å²) in [5.74, 6) is 0.804. The Kier molecular flexibility index (Phi) is 5.35. The molecule has 0 bridgehead atoms. The van der Waals surface area contributed by atoms with Crippen molar-refractivity contribution in [3.8, 4) is 0 Å². The molecule has 22 heavy (non-hydrogen) atoms. The molecule has 5 heteroatoms. The van der Waals surface area contributed by atoms with Crippen LogP contribution >= 0.6 is 11.6 Å². The summed E-state index contributed by atoms with van der Waals surface area (Å²) in [7, 11) is 3.50. The first kappa shape index (κ1) is 17.1. The van der Waals surface area contributed by atoms with Crippen LogP contribution < -0.4 is 10.6 Å². The predicted molar refractivity (Wildman–Crippen MR) is 92.8 cm³/mol. The van der Waals surface area contributed by atoms with Gasteiger partial charge in [-0.15, -0.1) is 0 Å². The summed E-state index contributed by atoms with van der Waals surface area (Å²) in [4.78, 5) is 4.28. The van der Waals surface area contributed by atoms with E-state index >= 15 is 0 Å². The second kappa shape index (κ2) is 6.88. The highest BCUT2D eigenvalue weighted by molar-refractivity contribution is 6.30. The number of nitrogens with zero attached hydrogens (tertiary/aromatic N) is 1. The lowest BCUT2D eigenvalue weighted by molar-refractivity contribution is 0.0268. The molecule has 0 radical (unpaired) electrons. The van der Waals surface area contributed by atoms with E-state index in [1.165, 1.54) is 18.4 Å². The fraction of sp³-hybridized carbons (Fsp3) is 0.588. The number of guanidine groups is 1. The molecule has 0 spiro atoms. The molecule has 2 rings (SSSR count). The van der Waals surface area contributed by atoms with E-state index < -0.39 is 0 Å². The number of ether oxygens (including phenoxy) is 1. The Balaban J connectivity index is 1.91. The highest BCUT2D eigenvalue weighted by Crippen LogP contribution is 2.48. The van der Waals surface area contributed by atoms with Gasteiger partial charge in [0, 0.05) is 37.7 Å². The van der Waals surface area contributed by atoms with E-state index in [1.807, 2.05) is 26.0 Å². The Labute approximate surface area is 138 Å². The van der Waals surface area contributed by atoms with E-state index in [9.17, 15) is 0 Å². The third-order valence-corrected chi connectivity index (χ3v) is 4.58. The average molecular weight is 324 g/mol. The van der Waals surface area contributed by atoms with Gasteiger partial charge >= 0.3 is 0 Å². The number of halogens is 1. The molecular weight excluding hydrogens is 298 g/mol. The Morgan fingerprint density at radius 1 is 1.36 bits per heavy atom. The summed E-state index contributed by atoms with van der Waals surface area (Å²) in [6.07, 6.45) is 2.36. The molecule has 1 aromatic carbocycles. The standard InChI is InChI=1S/C17H26ClN3O/c1-16(2,22-4)11-20-15(19-3)21-12-17(8-9-17)13-6-5-7-14(18)10-13/h5-7,10H,8-9,11-12H2,1-4H3,(H2,19,20,21). The van der Waals surface area contributed by atoms with Crippen molar-refractivity contribution in [3.05, 3.63) is 34.9 Å². The molecule has 0 saturated heterocycles. The average Bonchev–Trinajstić information content (AvgIpc) is 3.29. The minimum absolute atomic E-state index is 0.194. The van der Waals surface area contributed by atoms with E-state index in [0.717, 1.165) is 17.5 Å². The van der Waals surface area contributed by atoms with Crippen LogP contribution in [0.25, 0.3) is 0 Å². The van der Waals surface area contributed by atoms with Crippen molar-refractivity contribution in [3.63, 3.8) is 0 Å². The Bertz CT molecular complexity index is 538. The molecule has 0 unspecified atom stereocenters. The van der Waals surface area contributed by atoms with Gasteiger partial charge in [-0.05, 0) is 44.4 Å². The molecule has 122 valence electrons. The van der Waals surface area contributed by atoms with Gasteiger partial charge in [-0.2, -0.15) is 0 Å². The van der Waals surface area contributed by atoms with Crippen molar-refractivity contribution < 1.29 is 4.74 Å². The summed E-state index contributed by atoms with van der Waals surface area (Å²) in [5.41, 5.74) is 1.28. The first-order valence-electron chi connectivity index (χ1n) is 7.66. The number of aliphatic imine (C=N–C) groups is 1. The van der Waals surface area contributed by atoms with Gasteiger partial charge in [-0.3, -0.25) is 4.99 Å². The zero-order chi connectivity index (χ0) is 16.2. The van der Waals surface area contributed by atoms with Gasteiger partial charge in [0.25, 0.3) is 0 Å². The quantitative estimate of drug-likeness (QED) is 0.625. The number of hydrogen-bond acceptors (Lipinski definition) is 2. The Morgan fingerprint density at radius 3 is 2.64 bits per heavy atom. The second-order valence-corrected chi connectivity index (χ2v) is 6.97. The van der Waals surface area contributed by atoms with Crippen molar-refractivity contribution in [2.45, 2.75) is 37.7 Å². The number of nitrogens with one attached hydrogen (secondary N) is 2. The molecule has 1 saturated carbocycles. The fourth-order valence-electron chi connectivity index (χ4n) is 2.38. The zero-order valence-corrected chi connectivity index (χ0v) is 14.6. The van der Waals surface area contributed by atoms with Gasteiger partial charge in [0.05, 0.1) is 5.60 Å². The minimum Gasteiger partial charge on any atom is -0.377 e.